The minimum atomic E-state index is -0.407. The van der Waals surface area contributed by atoms with Crippen molar-refractivity contribution in [3.63, 3.8) is 0 Å². The van der Waals surface area contributed by atoms with Gasteiger partial charge in [-0.15, -0.1) is 23.1 Å². The molecule has 154 valence electrons. The number of thiophene rings is 1. The topological polar surface area (TPSA) is 70.1 Å². The SMILES string of the molecule is CCSc1sccc1C1C(C#N)=C(N)N(c2ccc(C)c(Cl)c2)C2=C1C(=O)CCC2. The summed E-state index contributed by atoms with van der Waals surface area (Å²) in [6.07, 6.45) is 2.01. The summed E-state index contributed by atoms with van der Waals surface area (Å²) < 4.78 is 1.14. The normalized spacial score (nSPS) is 19.2. The summed E-state index contributed by atoms with van der Waals surface area (Å²) in [4.78, 5) is 15.0. The first-order valence-corrected chi connectivity index (χ1v) is 12.1. The fourth-order valence-electron chi connectivity index (χ4n) is 4.18. The zero-order valence-electron chi connectivity index (χ0n) is 16.9. The average molecular weight is 456 g/mol. The number of nitrogens with zero attached hydrogens (tertiary/aromatic N) is 2. The van der Waals surface area contributed by atoms with Crippen LogP contribution < -0.4 is 10.6 Å². The number of aryl methyl sites for hydroxylation is 1. The quantitative estimate of drug-likeness (QED) is 0.561. The van der Waals surface area contributed by atoms with E-state index in [2.05, 4.69) is 13.0 Å². The molecular weight excluding hydrogens is 434 g/mol. The van der Waals surface area contributed by atoms with Gasteiger partial charge < -0.3 is 5.73 Å². The molecule has 0 bridgehead atoms. The molecule has 1 atom stereocenters. The van der Waals surface area contributed by atoms with Crippen molar-refractivity contribution in [2.45, 2.75) is 43.2 Å². The molecule has 0 spiro atoms. The van der Waals surface area contributed by atoms with Crippen molar-refractivity contribution in [2.75, 3.05) is 10.7 Å². The minimum Gasteiger partial charge on any atom is -0.384 e. The van der Waals surface area contributed by atoms with Crippen LogP contribution >= 0.6 is 34.7 Å². The predicted molar refractivity (Wildman–Crippen MR) is 125 cm³/mol. The number of hydrogen-bond acceptors (Lipinski definition) is 6. The highest BCUT2D eigenvalue weighted by atomic mass is 35.5. The molecule has 7 heteroatoms. The summed E-state index contributed by atoms with van der Waals surface area (Å²) in [6.45, 7) is 4.04. The number of benzene rings is 1. The van der Waals surface area contributed by atoms with Gasteiger partial charge in [-0.1, -0.05) is 24.6 Å². The number of rotatable bonds is 4. The Morgan fingerprint density at radius 1 is 1.37 bits per heavy atom. The van der Waals surface area contributed by atoms with Crippen LogP contribution in [0.1, 0.15) is 43.2 Å². The fourth-order valence-corrected chi connectivity index (χ4v) is 6.42. The highest BCUT2D eigenvalue weighted by Gasteiger charge is 2.41. The third-order valence-corrected chi connectivity index (χ3v) is 8.13. The number of Topliss-reactive ketones (excluding diaryl/α,β-unsaturated/α-hetero) is 1. The predicted octanol–water partition coefficient (Wildman–Crippen LogP) is 6.13. The maximum absolute atomic E-state index is 13.2. The van der Waals surface area contributed by atoms with Crippen LogP contribution in [-0.2, 0) is 4.79 Å². The largest absolute Gasteiger partial charge is 0.384 e. The number of hydrogen-bond donors (Lipinski definition) is 1. The maximum atomic E-state index is 13.2. The molecule has 0 radical (unpaired) electrons. The van der Waals surface area contributed by atoms with Gasteiger partial charge in [-0.2, -0.15) is 5.26 Å². The molecule has 2 N–H and O–H groups in total. The number of carbonyl (C=O) groups is 1. The van der Waals surface area contributed by atoms with Gasteiger partial charge in [0.1, 0.15) is 5.82 Å². The first kappa shape index (κ1) is 21.0. The van der Waals surface area contributed by atoms with E-state index in [4.69, 9.17) is 17.3 Å². The van der Waals surface area contributed by atoms with Crippen LogP contribution in [0.4, 0.5) is 5.69 Å². The highest BCUT2D eigenvalue weighted by Crippen LogP contribution is 2.49. The molecule has 1 aliphatic heterocycles. The van der Waals surface area contributed by atoms with Gasteiger partial charge in [-0.25, -0.2) is 0 Å². The second-order valence-electron chi connectivity index (χ2n) is 7.35. The first-order chi connectivity index (χ1) is 14.5. The lowest BCUT2D eigenvalue weighted by molar-refractivity contribution is -0.116. The molecule has 4 nitrogen and oxygen atoms in total. The molecule has 2 aromatic rings. The molecule has 1 aromatic carbocycles. The van der Waals surface area contributed by atoms with Gasteiger partial charge in [0.05, 0.1) is 21.8 Å². The molecule has 1 aromatic heterocycles. The van der Waals surface area contributed by atoms with Crippen molar-refractivity contribution in [1.82, 2.24) is 0 Å². The summed E-state index contributed by atoms with van der Waals surface area (Å²) in [5, 5.41) is 12.8. The molecule has 0 saturated heterocycles. The molecule has 2 heterocycles. The van der Waals surface area contributed by atoms with Crippen LogP contribution in [0.2, 0.25) is 5.02 Å². The van der Waals surface area contributed by atoms with E-state index in [9.17, 15) is 10.1 Å². The Labute approximate surface area is 190 Å². The van der Waals surface area contributed by atoms with E-state index in [1.54, 1.807) is 23.1 Å². The van der Waals surface area contributed by atoms with Gasteiger partial charge in [-0.05, 0) is 60.2 Å². The summed E-state index contributed by atoms with van der Waals surface area (Å²) in [6, 6.07) is 10.1. The molecular formula is C23H22ClN3OS2. The molecule has 2 aliphatic rings. The van der Waals surface area contributed by atoms with Gasteiger partial charge in [0.15, 0.2) is 5.78 Å². The first-order valence-electron chi connectivity index (χ1n) is 9.90. The lowest BCUT2D eigenvalue weighted by Crippen LogP contribution is -2.38. The Balaban J connectivity index is 1.96. The Morgan fingerprint density at radius 2 is 2.17 bits per heavy atom. The number of anilines is 1. The van der Waals surface area contributed by atoms with Crippen LogP contribution in [-0.4, -0.2) is 11.5 Å². The van der Waals surface area contributed by atoms with Crippen molar-refractivity contribution in [3.05, 3.63) is 68.5 Å². The Bertz CT molecular complexity index is 1130. The Morgan fingerprint density at radius 3 is 2.87 bits per heavy atom. The van der Waals surface area contributed by atoms with Gasteiger partial charge in [-0.3, -0.25) is 9.69 Å². The number of ketones is 1. The van der Waals surface area contributed by atoms with Crippen LogP contribution in [0.25, 0.3) is 0 Å². The standard InChI is InChI=1S/C23H22ClN3OS2/c1-3-29-23-15(9-10-30-23)20-16(12-25)22(26)27(14-8-7-13(2)17(24)11-14)18-5-4-6-19(28)21(18)20/h7-11,20H,3-6,26H2,1-2H3. The fraction of sp³-hybridized carbons (Fsp3) is 0.304. The molecule has 4 rings (SSSR count). The van der Waals surface area contributed by atoms with Crippen LogP contribution in [0.15, 0.2) is 56.5 Å². The van der Waals surface area contributed by atoms with Crippen LogP contribution in [0.5, 0.6) is 0 Å². The summed E-state index contributed by atoms with van der Waals surface area (Å²) in [5.74, 6) is 1.00. The van der Waals surface area contributed by atoms with Gasteiger partial charge >= 0.3 is 0 Å². The van der Waals surface area contributed by atoms with E-state index in [0.29, 0.717) is 28.4 Å². The van der Waals surface area contributed by atoms with Gasteiger partial charge in [0, 0.05) is 28.4 Å². The summed E-state index contributed by atoms with van der Waals surface area (Å²) in [5.41, 5.74) is 11.4. The molecule has 30 heavy (non-hydrogen) atoms. The third-order valence-electron chi connectivity index (χ3n) is 5.57. The van der Waals surface area contributed by atoms with E-state index >= 15 is 0 Å². The Hall–Kier alpha value is -2.20. The summed E-state index contributed by atoms with van der Waals surface area (Å²) in [7, 11) is 0. The lowest BCUT2D eigenvalue weighted by Gasteiger charge is -2.39. The number of nitriles is 1. The van der Waals surface area contributed by atoms with Crippen molar-refractivity contribution >= 4 is 46.2 Å². The Kier molecular flexibility index (Phi) is 5.97. The van der Waals surface area contributed by atoms with E-state index in [1.807, 2.05) is 41.5 Å². The van der Waals surface area contributed by atoms with Gasteiger partial charge in [0.25, 0.3) is 0 Å². The smallest absolute Gasteiger partial charge is 0.161 e. The molecule has 1 unspecified atom stereocenters. The van der Waals surface area contributed by atoms with Crippen molar-refractivity contribution in [3.8, 4) is 6.07 Å². The lowest BCUT2D eigenvalue weighted by atomic mass is 9.76. The number of allylic oxidation sites excluding steroid dienone is 3. The molecule has 1 aliphatic carbocycles. The molecule has 0 amide bonds. The highest BCUT2D eigenvalue weighted by molar-refractivity contribution is 8.01. The second-order valence-corrected chi connectivity index (χ2v) is 10.2. The number of halogens is 1. The summed E-state index contributed by atoms with van der Waals surface area (Å²) >= 11 is 9.77. The third kappa shape index (κ3) is 3.45. The average Bonchev–Trinajstić information content (AvgIpc) is 3.18. The number of nitrogens with two attached hydrogens (primary N) is 1. The van der Waals surface area contributed by atoms with Crippen molar-refractivity contribution in [2.24, 2.45) is 5.73 Å². The maximum Gasteiger partial charge on any atom is 0.161 e. The second kappa shape index (κ2) is 8.50. The number of thioether (sulfide) groups is 1. The zero-order chi connectivity index (χ0) is 21.4. The number of carbonyl (C=O) groups excluding carboxylic acids is 1. The van der Waals surface area contributed by atoms with E-state index in [0.717, 1.165) is 45.3 Å². The van der Waals surface area contributed by atoms with E-state index in [-0.39, 0.29) is 5.78 Å². The minimum absolute atomic E-state index is 0.100. The van der Waals surface area contributed by atoms with E-state index in [1.165, 1.54) is 0 Å². The zero-order valence-corrected chi connectivity index (χ0v) is 19.3. The monoisotopic (exact) mass is 455 g/mol. The van der Waals surface area contributed by atoms with Crippen molar-refractivity contribution < 1.29 is 4.79 Å². The van der Waals surface area contributed by atoms with E-state index < -0.39 is 5.92 Å². The van der Waals surface area contributed by atoms with Crippen molar-refractivity contribution in [1.29, 1.82) is 5.26 Å². The van der Waals surface area contributed by atoms with Crippen LogP contribution in [0.3, 0.4) is 0 Å². The van der Waals surface area contributed by atoms with Crippen LogP contribution in [0, 0.1) is 18.3 Å². The molecule has 0 fully saturated rings. The molecule has 0 saturated carbocycles. The van der Waals surface area contributed by atoms with Gasteiger partial charge in [0.2, 0.25) is 0 Å².